The fourth-order valence-corrected chi connectivity index (χ4v) is 3.40. The average Bonchev–Trinajstić information content (AvgIpc) is 3.12. The first kappa shape index (κ1) is 17.2. The Morgan fingerprint density at radius 1 is 1.15 bits per heavy atom. The molecule has 0 radical (unpaired) electrons. The number of aryl methyl sites for hydroxylation is 1. The highest BCUT2D eigenvalue weighted by molar-refractivity contribution is 6.04. The molecule has 1 aromatic carbocycles. The number of aromatic nitrogens is 1. The smallest absolute Gasteiger partial charge is 0.188 e. The van der Waals surface area contributed by atoms with Crippen LogP contribution < -0.4 is 4.74 Å². The van der Waals surface area contributed by atoms with Gasteiger partial charge in [-0.15, -0.1) is 0 Å². The van der Waals surface area contributed by atoms with E-state index in [0.717, 1.165) is 18.4 Å². The van der Waals surface area contributed by atoms with E-state index in [1.165, 1.54) is 0 Å². The Bertz CT molecular complexity index is 793. The van der Waals surface area contributed by atoms with Gasteiger partial charge in [0, 0.05) is 25.5 Å². The third kappa shape index (κ3) is 3.13. The van der Waals surface area contributed by atoms with Crippen molar-refractivity contribution in [2.75, 3.05) is 27.1 Å². The summed E-state index contributed by atoms with van der Waals surface area (Å²) in [5.74, 6) is 1.23. The Hall–Kier alpha value is -2.22. The lowest BCUT2D eigenvalue weighted by atomic mass is 9.91. The number of fused-ring (bicyclic) bond motifs is 1. The number of ketones is 1. The van der Waals surface area contributed by atoms with Gasteiger partial charge in [0.2, 0.25) is 0 Å². The first-order valence-corrected chi connectivity index (χ1v) is 8.79. The predicted octanol–water partition coefficient (Wildman–Crippen LogP) is 3.28. The van der Waals surface area contributed by atoms with Crippen LogP contribution in [0, 0.1) is 0 Å². The second-order valence-electron chi connectivity index (χ2n) is 6.30. The molecule has 1 fully saturated rings. The lowest BCUT2D eigenvalue weighted by Gasteiger charge is -2.26. The van der Waals surface area contributed by atoms with Crippen molar-refractivity contribution in [2.24, 2.45) is 0 Å². The average molecular weight is 359 g/mol. The number of hydrogen-bond acceptors (Lipinski definition) is 7. The molecule has 7 heteroatoms. The maximum Gasteiger partial charge on any atom is 0.188 e. The van der Waals surface area contributed by atoms with Crippen molar-refractivity contribution in [1.29, 1.82) is 0 Å². The number of carbonyl (C=O) groups excluding carboxylic acids is 1. The van der Waals surface area contributed by atoms with Gasteiger partial charge in [0.25, 0.3) is 0 Å². The summed E-state index contributed by atoms with van der Waals surface area (Å²) in [5.41, 5.74) is 2.47. The minimum Gasteiger partial charge on any atom is -0.467 e. The van der Waals surface area contributed by atoms with Crippen LogP contribution in [0.1, 0.15) is 47.2 Å². The molecule has 1 saturated heterocycles. The second kappa shape index (κ2) is 7.57. The van der Waals surface area contributed by atoms with E-state index in [1.807, 2.05) is 18.2 Å². The second-order valence-corrected chi connectivity index (χ2v) is 6.30. The molecule has 0 amide bonds. The molecule has 0 atom stereocenters. The Morgan fingerprint density at radius 3 is 2.81 bits per heavy atom. The summed E-state index contributed by atoms with van der Waals surface area (Å²) in [7, 11) is 1.55. The topological polar surface area (TPSA) is 80.0 Å². The van der Waals surface area contributed by atoms with Crippen molar-refractivity contribution < 1.29 is 28.3 Å². The van der Waals surface area contributed by atoms with Crippen LogP contribution in [0.5, 0.6) is 5.75 Å². The molecule has 0 N–H and O–H groups in total. The van der Waals surface area contributed by atoms with E-state index in [-0.39, 0.29) is 12.6 Å². The molecule has 4 rings (SSSR count). The van der Waals surface area contributed by atoms with E-state index >= 15 is 0 Å². The minimum atomic E-state index is -0.532. The van der Waals surface area contributed by atoms with E-state index in [4.69, 9.17) is 23.5 Å². The summed E-state index contributed by atoms with van der Waals surface area (Å²) in [6, 6.07) is 5.58. The maximum atomic E-state index is 12.5. The van der Waals surface area contributed by atoms with Gasteiger partial charge in [-0.1, -0.05) is 17.3 Å². The van der Waals surface area contributed by atoms with E-state index in [9.17, 15) is 4.79 Å². The van der Waals surface area contributed by atoms with Gasteiger partial charge in [-0.05, 0) is 18.9 Å². The number of ether oxygens (including phenoxy) is 4. The largest absolute Gasteiger partial charge is 0.467 e. The summed E-state index contributed by atoms with van der Waals surface area (Å²) < 4.78 is 27.8. The monoisotopic (exact) mass is 359 g/mol. The Morgan fingerprint density at radius 2 is 2.00 bits per heavy atom. The molecular formula is C19H21NO6. The third-order valence-corrected chi connectivity index (χ3v) is 4.56. The minimum absolute atomic E-state index is 0.0421. The molecule has 2 heterocycles. The highest BCUT2D eigenvalue weighted by atomic mass is 16.7. The van der Waals surface area contributed by atoms with E-state index < -0.39 is 6.29 Å². The van der Waals surface area contributed by atoms with Gasteiger partial charge < -0.3 is 23.5 Å². The van der Waals surface area contributed by atoms with Crippen LogP contribution in [0.2, 0.25) is 0 Å². The molecule has 1 aliphatic heterocycles. The lowest BCUT2D eigenvalue weighted by Crippen LogP contribution is -2.19. The number of rotatable bonds is 5. The zero-order valence-electron chi connectivity index (χ0n) is 14.7. The summed E-state index contributed by atoms with van der Waals surface area (Å²) in [4.78, 5) is 12.5. The summed E-state index contributed by atoms with van der Waals surface area (Å²) in [5, 5.41) is 4.21. The van der Waals surface area contributed by atoms with Crippen molar-refractivity contribution in [3.8, 4) is 17.0 Å². The molecule has 26 heavy (non-hydrogen) atoms. The number of nitrogens with zero attached hydrogens (tertiary/aromatic N) is 1. The highest BCUT2D eigenvalue weighted by Gasteiger charge is 2.32. The zero-order chi connectivity index (χ0) is 17.9. The summed E-state index contributed by atoms with van der Waals surface area (Å²) in [6.45, 7) is 1.31. The summed E-state index contributed by atoms with van der Waals surface area (Å²) in [6.07, 6.45) is 2.30. The van der Waals surface area contributed by atoms with Gasteiger partial charge in [-0.3, -0.25) is 4.79 Å². The van der Waals surface area contributed by atoms with Gasteiger partial charge in [0.15, 0.2) is 18.9 Å². The standard InChI is InChI=1S/C19H21NO6/c1-22-11-25-14-7-2-5-12(19-23-9-4-10-24-19)16(14)18-17-13(21)6-3-8-15(17)26-20-18/h2,5,7,19H,3-4,6,8-11H2,1H3. The zero-order valence-corrected chi connectivity index (χ0v) is 14.7. The van der Waals surface area contributed by atoms with Crippen molar-refractivity contribution in [1.82, 2.24) is 5.16 Å². The van der Waals surface area contributed by atoms with E-state index in [2.05, 4.69) is 5.16 Å². The third-order valence-electron chi connectivity index (χ3n) is 4.56. The molecule has 1 aromatic heterocycles. The lowest BCUT2D eigenvalue weighted by molar-refractivity contribution is -0.182. The summed E-state index contributed by atoms with van der Waals surface area (Å²) >= 11 is 0. The SMILES string of the molecule is COCOc1cccc(C2OCCCO2)c1-c1noc2c1C(=O)CCC2. The van der Waals surface area contributed by atoms with Crippen LogP contribution in [0.3, 0.4) is 0 Å². The van der Waals surface area contributed by atoms with Crippen molar-refractivity contribution in [2.45, 2.75) is 32.0 Å². The number of methoxy groups -OCH3 is 1. The van der Waals surface area contributed by atoms with E-state index in [0.29, 0.717) is 54.4 Å². The first-order valence-electron chi connectivity index (χ1n) is 8.79. The van der Waals surface area contributed by atoms with Crippen molar-refractivity contribution >= 4 is 5.78 Å². The molecule has 0 spiro atoms. The van der Waals surface area contributed by atoms with Crippen LogP contribution in [-0.2, 0) is 20.6 Å². The molecule has 2 aliphatic rings. The molecule has 2 aromatic rings. The number of hydrogen-bond donors (Lipinski definition) is 0. The Labute approximate surface area is 151 Å². The molecule has 0 bridgehead atoms. The number of benzene rings is 1. The molecule has 1 aliphatic carbocycles. The van der Waals surface area contributed by atoms with Gasteiger partial charge in [0.1, 0.15) is 17.2 Å². The maximum absolute atomic E-state index is 12.5. The molecule has 7 nitrogen and oxygen atoms in total. The highest BCUT2D eigenvalue weighted by Crippen LogP contribution is 2.42. The molecule has 0 saturated carbocycles. The van der Waals surface area contributed by atoms with Gasteiger partial charge in [-0.2, -0.15) is 0 Å². The van der Waals surface area contributed by atoms with Crippen LogP contribution in [0.25, 0.3) is 11.3 Å². The van der Waals surface area contributed by atoms with Crippen LogP contribution in [-0.4, -0.2) is 38.1 Å². The van der Waals surface area contributed by atoms with Crippen LogP contribution in [0.4, 0.5) is 0 Å². The first-order chi connectivity index (χ1) is 12.8. The fraction of sp³-hybridized carbons (Fsp3) is 0.474. The normalized spacial score (nSPS) is 18.0. The Balaban J connectivity index is 1.85. The predicted molar refractivity (Wildman–Crippen MR) is 91.0 cm³/mol. The van der Waals surface area contributed by atoms with E-state index in [1.54, 1.807) is 7.11 Å². The Kier molecular flexibility index (Phi) is 5.01. The van der Waals surface area contributed by atoms with Crippen molar-refractivity contribution in [3.05, 3.63) is 35.1 Å². The molecule has 0 unspecified atom stereocenters. The van der Waals surface area contributed by atoms with Crippen LogP contribution in [0.15, 0.2) is 22.7 Å². The number of carbonyl (C=O) groups is 1. The van der Waals surface area contributed by atoms with Crippen LogP contribution >= 0.6 is 0 Å². The molecule has 138 valence electrons. The quantitative estimate of drug-likeness (QED) is 0.758. The number of Topliss-reactive ketones (excluding diaryl/α,β-unsaturated/α-hetero) is 1. The fourth-order valence-electron chi connectivity index (χ4n) is 3.40. The van der Waals surface area contributed by atoms with Crippen molar-refractivity contribution in [3.63, 3.8) is 0 Å². The van der Waals surface area contributed by atoms with Gasteiger partial charge in [0.05, 0.1) is 24.3 Å². The molecular weight excluding hydrogens is 338 g/mol. The van der Waals surface area contributed by atoms with Gasteiger partial charge >= 0.3 is 0 Å². The van der Waals surface area contributed by atoms with Gasteiger partial charge in [-0.25, -0.2) is 0 Å².